The highest BCUT2D eigenvalue weighted by molar-refractivity contribution is 5.73. The van der Waals surface area contributed by atoms with Crippen LogP contribution in [0, 0.1) is 13.8 Å². The third-order valence-corrected chi connectivity index (χ3v) is 4.34. The Bertz CT molecular complexity index is 608. The summed E-state index contributed by atoms with van der Waals surface area (Å²) in [5, 5.41) is 15.3. The van der Waals surface area contributed by atoms with Gasteiger partial charge in [0, 0.05) is 24.3 Å². The minimum atomic E-state index is -0.585. The fourth-order valence-electron chi connectivity index (χ4n) is 3.05. The second-order valence-corrected chi connectivity index (χ2v) is 6.52. The molecule has 0 radical (unpaired) electrons. The minimum Gasteiger partial charge on any atom is -0.390 e. The van der Waals surface area contributed by atoms with E-state index in [9.17, 15) is 14.7 Å². The van der Waals surface area contributed by atoms with E-state index in [1.165, 1.54) is 19.3 Å². The summed E-state index contributed by atoms with van der Waals surface area (Å²) in [6.45, 7) is 6.64. The number of hydrogen-bond donors (Lipinski definition) is 4. The van der Waals surface area contributed by atoms with Gasteiger partial charge < -0.3 is 25.6 Å². The lowest BCUT2D eigenvalue weighted by molar-refractivity contribution is 0.101. The number of aliphatic hydroxyl groups excluding tert-OH is 1. The Morgan fingerprint density at radius 3 is 2.67 bits per heavy atom. The number of urea groups is 1. The van der Waals surface area contributed by atoms with Gasteiger partial charge in [-0.15, -0.1) is 0 Å². The lowest BCUT2D eigenvalue weighted by Gasteiger charge is -2.28. The maximum atomic E-state index is 11.9. The van der Waals surface area contributed by atoms with E-state index >= 15 is 0 Å². The number of carbonyl (C=O) groups is 1. The number of hydrogen-bond acceptors (Lipinski definition) is 4. The van der Waals surface area contributed by atoms with Gasteiger partial charge in [-0.3, -0.25) is 4.79 Å². The summed E-state index contributed by atoms with van der Waals surface area (Å²) in [6.07, 6.45) is 3.01. The molecule has 7 nitrogen and oxygen atoms in total. The third-order valence-electron chi connectivity index (χ3n) is 4.34. The Kier molecular flexibility index (Phi) is 6.81. The first-order chi connectivity index (χ1) is 11.5. The molecule has 2 amide bonds. The lowest BCUT2D eigenvalue weighted by Crippen LogP contribution is -2.44. The molecule has 1 aliphatic heterocycles. The minimum absolute atomic E-state index is 0.162. The zero-order chi connectivity index (χ0) is 17.5. The maximum Gasteiger partial charge on any atom is 0.315 e. The van der Waals surface area contributed by atoms with E-state index in [1.807, 2.05) is 19.9 Å². The third kappa shape index (κ3) is 5.65. The van der Waals surface area contributed by atoms with Crippen LogP contribution in [0.4, 0.5) is 4.79 Å². The molecule has 1 aromatic rings. The fourth-order valence-corrected chi connectivity index (χ4v) is 3.05. The molecule has 1 saturated heterocycles. The number of nitrogens with one attached hydrogen (secondary N) is 3. The number of aliphatic hydroxyl groups is 1. The van der Waals surface area contributed by atoms with Crippen LogP contribution in [0.15, 0.2) is 10.9 Å². The van der Waals surface area contributed by atoms with Gasteiger partial charge in [-0.2, -0.15) is 0 Å². The van der Waals surface area contributed by atoms with Gasteiger partial charge in [0.25, 0.3) is 5.56 Å². The Morgan fingerprint density at radius 1 is 1.29 bits per heavy atom. The van der Waals surface area contributed by atoms with Crippen molar-refractivity contribution in [2.75, 3.05) is 26.2 Å². The van der Waals surface area contributed by atoms with Crippen molar-refractivity contribution in [3.8, 4) is 0 Å². The van der Waals surface area contributed by atoms with E-state index in [0.717, 1.165) is 24.3 Å². The van der Waals surface area contributed by atoms with E-state index in [-0.39, 0.29) is 24.7 Å². The Balaban J connectivity index is 1.72. The topological polar surface area (TPSA) is 97.5 Å². The van der Waals surface area contributed by atoms with Crippen LogP contribution in [-0.4, -0.2) is 53.3 Å². The number of amides is 2. The summed E-state index contributed by atoms with van der Waals surface area (Å²) < 4.78 is 0. The standard InChI is InChI=1S/C17H28N4O3/c1-12-8-13(2)20-16(23)15(12)10-19-17(24)18-9-14(22)11-21-6-4-3-5-7-21/h8,14,22H,3-7,9-11H2,1-2H3,(H,20,23)(H2,18,19,24)/t14-/m0/s1. The van der Waals surface area contributed by atoms with Gasteiger partial charge >= 0.3 is 6.03 Å². The molecule has 0 unspecified atom stereocenters. The largest absolute Gasteiger partial charge is 0.390 e. The van der Waals surface area contributed by atoms with Crippen LogP contribution in [0.25, 0.3) is 0 Å². The van der Waals surface area contributed by atoms with E-state index < -0.39 is 6.10 Å². The summed E-state index contributed by atoms with van der Waals surface area (Å²) in [5.41, 5.74) is 2.01. The molecule has 1 fully saturated rings. The summed E-state index contributed by atoms with van der Waals surface area (Å²) in [4.78, 5) is 28.7. The predicted octanol–water partition coefficient (Wildman–Crippen LogP) is 0.638. The molecule has 0 spiro atoms. The molecule has 0 aliphatic carbocycles. The molecule has 1 atom stereocenters. The highest BCUT2D eigenvalue weighted by Gasteiger charge is 2.15. The number of rotatable bonds is 6. The number of aromatic amines is 1. The molecule has 2 heterocycles. The number of H-pyrrole nitrogens is 1. The summed E-state index contributed by atoms with van der Waals surface area (Å²) in [5.74, 6) is 0. The second kappa shape index (κ2) is 8.84. The number of β-amino-alcohol motifs (C(OH)–C–C–N with tert-alkyl or cyclic N) is 1. The molecule has 0 saturated carbocycles. The molecule has 1 aliphatic rings. The van der Waals surface area contributed by atoms with Gasteiger partial charge in [0.05, 0.1) is 12.6 Å². The van der Waals surface area contributed by atoms with E-state index in [2.05, 4.69) is 20.5 Å². The van der Waals surface area contributed by atoms with E-state index in [4.69, 9.17) is 0 Å². The van der Waals surface area contributed by atoms with E-state index in [0.29, 0.717) is 12.1 Å². The number of aromatic nitrogens is 1. The Hall–Kier alpha value is -1.86. The monoisotopic (exact) mass is 336 g/mol. The molecule has 0 aromatic carbocycles. The number of pyridine rings is 1. The van der Waals surface area contributed by atoms with Crippen LogP contribution in [0.1, 0.15) is 36.1 Å². The zero-order valence-electron chi connectivity index (χ0n) is 14.5. The van der Waals surface area contributed by atoms with Crippen LogP contribution in [0.5, 0.6) is 0 Å². The average Bonchev–Trinajstić information content (AvgIpc) is 2.53. The molecule has 134 valence electrons. The van der Waals surface area contributed by atoms with Crippen molar-refractivity contribution < 1.29 is 9.90 Å². The first kappa shape index (κ1) is 18.5. The van der Waals surface area contributed by atoms with Crippen LogP contribution in [-0.2, 0) is 6.54 Å². The number of piperidine rings is 1. The number of carbonyl (C=O) groups excluding carboxylic acids is 1. The summed E-state index contributed by atoms with van der Waals surface area (Å²) in [7, 11) is 0. The van der Waals surface area contributed by atoms with Gasteiger partial charge in [-0.1, -0.05) is 6.42 Å². The fraction of sp³-hybridized carbons (Fsp3) is 0.647. The van der Waals surface area contributed by atoms with Crippen molar-refractivity contribution in [3.05, 3.63) is 33.2 Å². The van der Waals surface area contributed by atoms with Crippen molar-refractivity contribution in [3.63, 3.8) is 0 Å². The van der Waals surface area contributed by atoms with Crippen LogP contribution >= 0.6 is 0 Å². The second-order valence-electron chi connectivity index (χ2n) is 6.52. The molecule has 2 rings (SSSR count). The van der Waals surface area contributed by atoms with Gasteiger partial charge in [-0.05, 0) is 51.4 Å². The van der Waals surface area contributed by atoms with Crippen molar-refractivity contribution in [2.45, 2.75) is 45.8 Å². The zero-order valence-corrected chi connectivity index (χ0v) is 14.5. The van der Waals surface area contributed by atoms with Crippen molar-refractivity contribution in [1.82, 2.24) is 20.5 Å². The molecular weight excluding hydrogens is 308 g/mol. The number of aryl methyl sites for hydroxylation is 2. The van der Waals surface area contributed by atoms with Gasteiger partial charge in [0.15, 0.2) is 0 Å². The molecule has 1 aromatic heterocycles. The highest BCUT2D eigenvalue weighted by atomic mass is 16.3. The number of nitrogens with zero attached hydrogens (tertiary/aromatic N) is 1. The number of likely N-dealkylation sites (tertiary alicyclic amines) is 1. The van der Waals surface area contributed by atoms with E-state index in [1.54, 1.807) is 0 Å². The maximum absolute atomic E-state index is 11.9. The average molecular weight is 336 g/mol. The summed E-state index contributed by atoms with van der Waals surface area (Å²) in [6, 6.07) is 1.49. The predicted molar refractivity (Wildman–Crippen MR) is 93.1 cm³/mol. The Morgan fingerprint density at radius 2 is 2.00 bits per heavy atom. The first-order valence-electron chi connectivity index (χ1n) is 8.57. The van der Waals surface area contributed by atoms with Crippen molar-refractivity contribution >= 4 is 6.03 Å². The van der Waals surface area contributed by atoms with Crippen LogP contribution in [0.2, 0.25) is 0 Å². The normalized spacial score (nSPS) is 16.6. The summed E-state index contributed by atoms with van der Waals surface area (Å²) >= 11 is 0. The van der Waals surface area contributed by atoms with Crippen LogP contribution < -0.4 is 16.2 Å². The molecule has 24 heavy (non-hydrogen) atoms. The van der Waals surface area contributed by atoms with Crippen molar-refractivity contribution in [2.24, 2.45) is 0 Å². The smallest absolute Gasteiger partial charge is 0.315 e. The van der Waals surface area contributed by atoms with Gasteiger partial charge in [0.1, 0.15) is 0 Å². The van der Waals surface area contributed by atoms with Crippen molar-refractivity contribution in [1.29, 1.82) is 0 Å². The SMILES string of the molecule is Cc1cc(C)c(CNC(=O)NC[C@H](O)CN2CCCCC2)c(=O)[nH]1. The quantitative estimate of drug-likeness (QED) is 0.613. The lowest BCUT2D eigenvalue weighted by atomic mass is 10.1. The van der Waals surface area contributed by atoms with Gasteiger partial charge in [0.2, 0.25) is 0 Å². The Labute approximate surface area is 142 Å². The molecule has 7 heteroatoms. The first-order valence-corrected chi connectivity index (χ1v) is 8.57. The van der Waals surface area contributed by atoms with Gasteiger partial charge in [-0.25, -0.2) is 4.79 Å². The molecule has 4 N–H and O–H groups in total. The van der Waals surface area contributed by atoms with Crippen LogP contribution in [0.3, 0.4) is 0 Å². The molecular formula is C17H28N4O3. The molecule has 0 bridgehead atoms. The highest BCUT2D eigenvalue weighted by Crippen LogP contribution is 2.08.